The van der Waals surface area contributed by atoms with Crippen LogP contribution in [0.5, 0.6) is 5.75 Å². The van der Waals surface area contributed by atoms with E-state index in [1.54, 1.807) is 12.1 Å². The maximum Gasteiger partial charge on any atom is 0.312 e. The third-order valence-corrected chi connectivity index (χ3v) is 4.69. The summed E-state index contributed by atoms with van der Waals surface area (Å²) in [6.07, 6.45) is 1.56. The van der Waals surface area contributed by atoms with Gasteiger partial charge in [-0.2, -0.15) is 0 Å². The minimum Gasteiger partial charge on any atom is -0.483 e. The molecule has 0 amide bonds. The van der Waals surface area contributed by atoms with Crippen LogP contribution in [0.3, 0.4) is 0 Å². The Bertz CT molecular complexity index is 509. The number of halogens is 1. The summed E-state index contributed by atoms with van der Waals surface area (Å²) in [6.45, 7) is 4.13. The van der Waals surface area contributed by atoms with Crippen LogP contribution in [0.15, 0.2) is 22.7 Å². The van der Waals surface area contributed by atoms with Crippen LogP contribution in [-0.4, -0.2) is 17.1 Å². The monoisotopic (exact) mass is 328 g/mol. The molecule has 0 spiro atoms. The Hall–Kier alpha value is -1.14. The molecule has 19 heavy (non-hydrogen) atoms. The number of nitrogens with two attached hydrogens (primary N) is 1. The second-order valence-electron chi connectivity index (χ2n) is 5.18. The lowest BCUT2D eigenvalue weighted by atomic mass is 9.62. The van der Waals surface area contributed by atoms with Crippen molar-refractivity contribution in [3.8, 4) is 5.75 Å². The zero-order valence-electron chi connectivity index (χ0n) is 10.9. The fraction of sp³-hybridized carbons (Fsp3) is 0.538. The second kappa shape index (κ2) is 5.09. The van der Waals surface area contributed by atoms with Gasteiger partial charge in [0.1, 0.15) is 6.10 Å². The molecule has 0 heterocycles. The van der Waals surface area contributed by atoms with Gasteiger partial charge in [-0.3, -0.25) is 10.1 Å². The highest BCUT2D eigenvalue weighted by Crippen LogP contribution is 2.46. The Labute approximate surface area is 120 Å². The third-order valence-electron chi connectivity index (χ3n) is 4.20. The molecule has 1 saturated carbocycles. The lowest BCUT2D eigenvalue weighted by Gasteiger charge is -2.51. The molecule has 1 fully saturated rings. The van der Waals surface area contributed by atoms with Crippen molar-refractivity contribution in [2.24, 2.45) is 11.1 Å². The Morgan fingerprint density at radius 2 is 2.32 bits per heavy atom. The van der Waals surface area contributed by atoms with Crippen molar-refractivity contribution in [1.82, 2.24) is 0 Å². The van der Waals surface area contributed by atoms with Gasteiger partial charge in [0.2, 0.25) is 0 Å². The van der Waals surface area contributed by atoms with Gasteiger partial charge < -0.3 is 10.5 Å². The van der Waals surface area contributed by atoms with Crippen LogP contribution < -0.4 is 10.5 Å². The maximum absolute atomic E-state index is 11.0. The van der Waals surface area contributed by atoms with Gasteiger partial charge in [-0.15, -0.1) is 0 Å². The molecule has 5 nitrogen and oxygen atoms in total. The quantitative estimate of drug-likeness (QED) is 0.679. The van der Waals surface area contributed by atoms with E-state index in [1.165, 1.54) is 6.07 Å². The van der Waals surface area contributed by atoms with E-state index in [2.05, 4.69) is 29.8 Å². The molecular weight excluding hydrogens is 312 g/mol. The Balaban J connectivity index is 2.23. The summed E-state index contributed by atoms with van der Waals surface area (Å²) < 4.78 is 6.49. The SMILES string of the molecule is CCC1(C)C(N)CC1Oc1ccc(Br)cc1[N+](=O)[O-]. The normalized spacial score (nSPS) is 29.7. The number of nitrogens with zero attached hydrogens (tertiary/aromatic N) is 1. The van der Waals surface area contributed by atoms with Gasteiger partial charge in [0, 0.05) is 28.4 Å². The predicted molar refractivity (Wildman–Crippen MR) is 76.2 cm³/mol. The van der Waals surface area contributed by atoms with Crippen LogP contribution in [0, 0.1) is 15.5 Å². The van der Waals surface area contributed by atoms with E-state index in [-0.39, 0.29) is 23.2 Å². The maximum atomic E-state index is 11.0. The molecule has 2 rings (SSSR count). The molecule has 1 aromatic carbocycles. The van der Waals surface area contributed by atoms with Gasteiger partial charge in [0.05, 0.1) is 4.92 Å². The van der Waals surface area contributed by atoms with E-state index < -0.39 is 4.92 Å². The van der Waals surface area contributed by atoms with Crippen LogP contribution in [0.25, 0.3) is 0 Å². The van der Waals surface area contributed by atoms with Crippen LogP contribution in [0.4, 0.5) is 5.69 Å². The number of nitro benzene ring substituents is 1. The smallest absolute Gasteiger partial charge is 0.312 e. The number of ether oxygens (including phenoxy) is 1. The van der Waals surface area contributed by atoms with E-state index in [1.807, 2.05) is 0 Å². The highest BCUT2D eigenvalue weighted by molar-refractivity contribution is 9.10. The number of benzene rings is 1. The Kier molecular flexibility index (Phi) is 3.82. The highest BCUT2D eigenvalue weighted by Gasteiger charge is 2.50. The number of rotatable bonds is 4. The number of hydrogen-bond acceptors (Lipinski definition) is 4. The summed E-state index contributed by atoms with van der Waals surface area (Å²) in [5.74, 6) is 0.310. The number of nitro groups is 1. The minimum atomic E-state index is -0.429. The average molecular weight is 329 g/mol. The van der Waals surface area contributed by atoms with Gasteiger partial charge in [-0.25, -0.2) is 0 Å². The summed E-state index contributed by atoms with van der Waals surface area (Å²) in [5.41, 5.74) is 5.88. The van der Waals surface area contributed by atoms with Crippen molar-refractivity contribution in [3.05, 3.63) is 32.8 Å². The third kappa shape index (κ3) is 2.47. The molecule has 1 aliphatic carbocycles. The Morgan fingerprint density at radius 3 is 2.84 bits per heavy atom. The van der Waals surface area contributed by atoms with Crippen molar-refractivity contribution in [3.63, 3.8) is 0 Å². The van der Waals surface area contributed by atoms with Gasteiger partial charge in [0.15, 0.2) is 5.75 Å². The van der Waals surface area contributed by atoms with Gasteiger partial charge in [-0.1, -0.05) is 29.8 Å². The van der Waals surface area contributed by atoms with Crippen LogP contribution >= 0.6 is 15.9 Å². The first kappa shape index (κ1) is 14.3. The van der Waals surface area contributed by atoms with Gasteiger partial charge in [0.25, 0.3) is 0 Å². The minimum absolute atomic E-state index is 0.0201. The van der Waals surface area contributed by atoms with Gasteiger partial charge >= 0.3 is 5.69 Å². The van der Waals surface area contributed by atoms with E-state index in [4.69, 9.17) is 10.5 Å². The van der Waals surface area contributed by atoms with Crippen molar-refractivity contribution in [2.45, 2.75) is 38.8 Å². The van der Waals surface area contributed by atoms with Gasteiger partial charge in [-0.05, 0) is 18.6 Å². The molecule has 0 bridgehead atoms. The average Bonchev–Trinajstić information content (AvgIpc) is 2.38. The fourth-order valence-electron chi connectivity index (χ4n) is 2.41. The summed E-state index contributed by atoms with van der Waals surface area (Å²) in [6, 6.07) is 4.92. The topological polar surface area (TPSA) is 78.4 Å². The largest absolute Gasteiger partial charge is 0.483 e. The van der Waals surface area contributed by atoms with Crippen molar-refractivity contribution < 1.29 is 9.66 Å². The molecule has 0 radical (unpaired) electrons. The molecule has 1 aromatic rings. The summed E-state index contributed by atoms with van der Waals surface area (Å²) in [7, 11) is 0. The molecule has 6 heteroatoms. The first-order valence-electron chi connectivity index (χ1n) is 6.24. The van der Waals surface area contributed by atoms with Crippen LogP contribution in [-0.2, 0) is 0 Å². The summed E-state index contributed by atoms with van der Waals surface area (Å²) in [4.78, 5) is 10.6. The van der Waals surface area contributed by atoms with E-state index in [9.17, 15) is 10.1 Å². The second-order valence-corrected chi connectivity index (χ2v) is 6.09. The van der Waals surface area contributed by atoms with Crippen molar-refractivity contribution in [2.75, 3.05) is 0 Å². The lowest BCUT2D eigenvalue weighted by Crippen LogP contribution is -2.61. The van der Waals surface area contributed by atoms with Crippen molar-refractivity contribution in [1.29, 1.82) is 0 Å². The molecule has 3 unspecified atom stereocenters. The molecule has 0 saturated heterocycles. The zero-order valence-corrected chi connectivity index (χ0v) is 12.5. The standard InChI is InChI=1S/C13H17BrN2O3/c1-3-13(2)11(15)7-12(13)19-10-5-4-8(14)6-9(10)16(17)18/h4-6,11-12H,3,7,15H2,1-2H3. The number of hydrogen-bond donors (Lipinski definition) is 1. The zero-order chi connectivity index (χ0) is 14.2. The highest BCUT2D eigenvalue weighted by atomic mass is 79.9. The van der Waals surface area contributed by atoms with E-state index in [0.717, 1.165) is 12.8 Å². The van der Waals surface area contributed by atoms with Crippen LogP contribution in [0.1, 0.15) is 26.7 Å². The van der Waals surface area contributed by atoms with Crippen molar-refractivity contribution >= 4 is 21.6 Å². The predicted octanol–water partition coefficient (Wildman–Crippen LogP) is 3.25. The molecule has 104 valence electrons. The first-order chi connectivity index (χ1) is 8.88. The molecule has 2 N–H and O–H groups in total. The molecule has 0 aliphatic heterocycles. The fourth-order valence-corrected chi connectivity index (χ4v) is 2.76. The Morgan fingerprint density at radius 1 is 1.63 bits per heavy atom. The summed E-state index contributed by atoms with van der Waals surface area (Å²) >= 11 is 3.23. The lowest BCUT2D eigenvalue weighted by molar-refractivity contribution is -0.386. The summed E-state index contributed by atoms with van der Waals surface area (Å²) in [5, 5.41) is 11.0. The van der Waals surface area contributed by atoms with Crippen LogP contribution in [0.2, 0.25) is 0 Å². The molecule has 1 aliphatic rings. The molecule has 3 atom stereocenters. The molecular formula is C13H17BrN2O3. The molecule has 0 aromatic heterocycles. The van der Waals surface area contributed by atoms with E-state index in [0.29, 0.717) is 10.2 Å². The first-order valence-corrected chi connectivity index (χ1v) is 7.04. The van der Waals surface area contributed by atoms with E-state index >= 15 is 0 Å².